The third kappa shape index (κ3) is 3.24. The molecule has 0 atom stereocenters. The summed E-state index contributed by atoms with van der Waals surface area (Å²) in [6.45, 7) is 0. The summed E-state index contributed by atoms with van der Waals surface area (Å²) in [5.41, 5.74) is 0.178. The maximum atomic E-state index is 12.8. The zero-order chi connectivity index (χ0) is 21.0. The minimum absolute atomic E-state index is 0.0470. The fraction of sp³-hybridized carbons (Fsp3) is 0. The average molecular weight is 567 g/mol. The van der Waals surface area contributed by atoms with E-state index in [-0.39, 0.29) is 11.3 Å². The van der Waals surface area contributed by atoms with Crippen LogP contribution in [-0.2, 0) is 0 Å². The van der Waals surface area contributed by atoms with E-state index in [0.717, 1.165) is 15.2 Å². The van der Waals surface area contributed by atoms with Gasteiger partial charge in [0.25, 0.3) is 0 Å². The molecule has 0 N–H and O–H groups in total. The number of nitrogens with zero attached hydrogens (tertiary/aromatic N) is 4. The summed E-state index contributed by atoms with van der Waals surface area (Å²) in [6, 6.07) is 12.4. The summed E-state index contributed by atoms with van der Waals surface area (Å²) in [6.07, 6.45) is 1.59. The molecule has 0 radical (unpaired) electrons. The Morgan fingerprint density at radius 2 is 1.87 bits per heavy atom. The van der Waals surface area contributed by atoms with Crippen LogP contribution in [0.25, 0.3) is 39.1 Å². The number of benzene rings is 2. The van der Waals surface area contributed by atoms with Crippen LogP contribution in [0.4, 0.5) is 0 Å². The summed E-state index contributed by atoms with van der Waals surface area (Å²) in [5.74, 6) is 0.421. The van der Waals surface area contributed by atoms with Gasteiger partial charge >= 0.3 is 5.63 Å². The molecule has 2 aromatic carbocycles. The number of aromatic nitrogens is 4. The molecule has 0 saturated carbocycles. The van der Waals surface area contributed by atoms with E-state index in [1.165, 1.54) is 4.68 Å². The van der Waals surface area contributed by atoms with E-state index < -0.39 is 5.63 Å². The third-order valence-electron chi connectivity index (χ3n) is 4.47. The van der Waals surface area contributed by atoms with Crippen LogP contribution in [0.2, 0.25) is 10.0 Å². The molecule has 0 aliphatic rings. The quantitative estimate of drug-likeness (QED) is 0.231. The highest BCUT2D eigenvalue weighted by molar-refractivity contribution is 9.10. The number of rotatable bonds is 2. The summed E-state index contributed by atoms with van der Waals surface area (Å²) in [7, 11) is 0. The van der Waals surface area contributed by atoms with E-state index in [2.05, 4.69) is 46.9 Å². The van der Waals surface area contributed by atoms with Gasteiger partial charge in [0, 0.05) is 22.1 Å². The predicted octanol–water partition coefficient (Wildman–Crippen LogP) is 6.42. The molecule has 148 valence electrons. The molecule has 30 heavy (non-hydrogen) atoms. The van der Waals surface area contributed by atoms with E-state index in [1.807, 2.05) is 18.2 Å². The molecule has 5 aromatic rings. The van der Waals surface area contributed by atoms with Crippen LogP contribution in [0.15, 0.2) is 66.9 Å². The van der Waals surface area contributed by atoms with Crippen molar-refractivity contribution >= 4 is 76.7 Å². The fourth-order valence-corrected chi connectivity index (χ4v) is 4.44. The Kier molecular flexibility index (Phi) is 4.89. The first-order chi connectivity index (χ1) is 14.4. The van der Waals surface area contributed by atoms with Crippen molar-refractivity contribution in [3.8, 4) is 17.4 Å². The molecule has 0 aliphatic heterocycles. The first kappa shape index (κ1) is 19.7. The zero-order valence-corrected chi connectivity index (χ0v) is 19.4. The van der Waals surface area contributed by atoms with Gasteiger partial charge < -0.3 is 4.42 Å². The molecule has 10 heteroatoms. The summed E-state index contributed by atoms with van der Waals surface area (Å²) < 4.78 is 8.36. The largest absolute Gasteiger partial charge is 0.401 e. The summed E-state index contributed by atoms with van der Waals surface area (Å²) in [4.78, 5) is 21.6. The second-order valence-corrected chi connectivity index (χ2v) is 8.84. The highest BCUT2D eigenvalue weighted by Gasteiger charge is 2.20. The molecule has 0 saturated heterocycles. The minimum Gasteiger partial charge on any atom is -0.401 e. The molecule has 3 heterocycles. The van der Waals surface area contributed by atoms with E-state index in [9.17, 15) is 4.79 Å². The van der Waals surface area contributed by atoms with Gasteiger partial charge in [-0.3, -0.25) is 0 Å². The standard InChI is InChI=1S/C20H8Br2Cl2N4O2/c21-10-3-4-11-9(6-10)7-12-17(16(11)24)26-19(30-20(12)29)14-8-15(22)27-28(14)18-13(23)2-1-5-25-18/h1-8H. The molecule has 0 bridgehead atoms. The van der Waals surface area contributed by atoms with Crippen molar-refractivity contribution in [2.45, 2.75) is 0 Å². The van der Waals surface area contributed by atoms with Gasteiger partial charge in [-0.15, -0.1) is 0 Å². The Balaban J connectivity index is 1.81. The van der Waals surface area contributed by atoms with Gasteiger partial charge in [-0.05, 0) is 51.6 Å². The average Bonchev–Trinajstić information content (AvgIpc) is 3.10. The summed E-state index contributed by atoms with van der Waals surface area (Å²) in [5, 5.41) is 6.97. The number of hydrogen-bond donors (Lipinski definition) is 0. The van der Waals surface area contributed by atoms with E-state index >= 15 is 0 Å². The summed E-state index contributed by atoms with van der Waals surface area (Å²) >= 11 is 19.7. The Bertz CT molecular complexity index is 1530. The van der Waals surface area contributed by atoms with E-state index in [4.69, 9.17) is 27.6 Å². The van der Waals surface area contributed by atoms with Crippen molar-refractivity contribution in [3.63, 3.8) is 0 Å². The predicted molar refractivity (Wildman–Crippen MR) is 124 cm³/mol. The smallest absolute Gasteiger partial charge is 0.347 e. The van der Waals surface area contributed by atoms with Gasteiger partial charge in [-0.1, -0.05) is 45.2 Å². The molecule has 0 amide bonds. The molecule has 0 spiro atoms. The van der Waals surface area contributed by atoms with Crippen molar-refractivity contribution in [2.75, 3.05) is 0 Å². The normalized spacial score (nSPS) is 11.5. The van der Waals surface area contributed by atoms with Crippen molar-refractivity contribution in [1.82, 2.24) is 19.7 Å². The lowest BCUT2D eigenvalue weighted by molar-refractivity contribution is 0.513. The van der Waals surface area contributed by atoms with Crippen molar-refractivity contribution < 1.29 is 4.42 Å². The van der Waals surface area contributed by atoms with Crippen LogP contribution < -0.4 is 5.63 Å². The minimum atomic E-state index is -0.560. The molecule has 0 aliphatic carbocycles. The van der Waals surface area contributed by atoms with Crippen LogP contribution in [0.1, 0.15) is 0 Å². The second kappa shape index (κ2) is 7.46. The van der Waals surface area contributed by atoms with Crippen LogP contribution in [0, 0.1) is 0 Å². The first-order valence-electron chi connectivity index (χ1n) is 8.52. The Labute approximate surface area is 195 Å². The third-order valence-corrected chi connectivity index (χ3v) is 6.03. The van der Waals surface area contributed by atoms with Crippen molar-refractivity contribution in [2.24, 2.45) is 0 Å². The molecule has 6 nitrogen and oxygen atoms in total. The molecular formula is C20H8Br2Cl2N4O2. The molecular weight excluding hydrogens is 559 g/mol. The highest BCUT2D eigenvalue weighted by atomic mass is 79.9. The molecule has 3 aromatic heterocycles. The second-order valence-electron chi connectivity index (χ2n) is 6.33. The van der Waals surface area contributed by atoms with Crippen LogP contribution in [-0.4, -0.2) is 19.7 Å². The molecule has 0 unspecified atom stereocenters. The maximum Gasteiger partial charge on any atom is 0.347 e. The number of hydrogen-bond acceptors (Lipinski definition) is 5. The molecule has 5 rings (SSSR count). The number of halogens is 4. The lowest BCUT2D eigenvalue weighted by atomic mass is 10.1. The van der Waals surface area contributed by atoms with E-state index in [1.54, 1.807) is 30.5 Å². The first-order valence-corrected chi connectivity index (χ1v) is 10.9. The lowest BCUT2D eigenvalue weighted by Crippen LogP contribution is -2.07. The van der Waals surface area contributed by atoms with Crippen LogP contribution in [0.5, 0.6) is 0 Å². The van der Waals surface area contributed by atoms with Gasteiger partial charge in [-0.25, -0.2) is 19.4 Å². The SMILES string of the molecule is O=c1oc(-c2cc(Br)nn2-c2ncccc2Cl)nc2c(Cl)c3ccc(Br)cc3cc12. The zero-order valence-electron chi connectivity index (χ0n) is 14.7. The van der Waals surface area contributed by atoms with Crippen molar-refractivity contribution in [1.29, 1.82) is 0 Å². The topological polar surface area (TPSA) is 73.8 Å². The van der Waals surface area contributed by atoms with Gasteiger partial charge in [0.1, 0.15) is 15.8 Å². The number of pyridine rings is 1. The lowest BCUT2D eigenvalue weighted by Gasteiger charge is -2.09. The Hall–Kier alpha value is -2.26. The van der Waals surface area contributed by atoms with Gasteiger partial charge in [0.05, 0.1) is 15.4 Å². The van der Waals surface area contributed by atoms with Gasteiger partial charge in [-0.2, -0.15) is 5.10 Å². The van der Waals surface area contributed by atoms with Gasteiger partial charge in [0.15, 0.2) is 5.82 Å². The maximum absolute atomic E-state index is 12.8. The number of fused-ring (bicyclic) bond motifs is 2. The molecule has 0 fully saturated rings. The monoisotopic (exact) mass is 564 g/mol. The fourth-order valence-electron chi connectivity index (χ4n) is 3.16. The van der Waals surface area contributed by atoms with E-state index in [0.29, 0.717) is 31.7 Å². The highest BCUT2D eigenvalue weighted by Crippen LogP contribution is 2.34. The Morgan fingerprint density at radius 3 is 2.67 bits per heavy atom. The van der Waals surface area contributed by atoms with Crippen molar-refractivity contribution in [3.05, 3.63) is 78.2 Å². The Morgan fingerprint density at radius 1 is 1.03 bits per heavy atom. The van der Waals surface area contributed by atoms with Crippen LogP contribution in [0.3, 0.4) is 0 Å². The van der Waals surface area contributed by atoms with Gasteiger partial charge in [0.2, 0.25) is 5.89 Å². The van der Waals surface area contributed by atoms with Crippen LogP contribution >= 0.6 is 55.1 Å².